The smallest absolute Gasteiger partial charge is 0.328 e. The number of hydrogen-bond acceptors (Lipinski definition) is 13. The fourth-order valence-electron chi connectivity index (χ4n) is 4.41. The minimum Gasteiger partial charge on any atom is -0.480 e. The highest BCUT2D eigenvalue weighted by molar-refractivity contribution is 6.02. The van der Waals surface area contributed by atoms with Crippen LogP contribution in [0.25, 0.3) is 0 Å². The van der Waals surface area contributed by atoms with Gasteiger partial charge in [0.25, 0.3) is 11.8 Å². The van der Waals surface area contributed by atoms with Gasteiger partial charge in [0.2, 0.25) is 23.6 Å². The van der Waals surface area contributed by atoms with E-state index in [4.69, 9.17) is 11.5 Å². The minimum atomic E-state index is -2.07. The van der Waals surface area contributed by atoms with E-state index in [9.17, 15) is 54.0 Å². The summed E-state index contributed by atoms with van der Waals surface area (Å²) in [4.78, 5) is 90.4. The van der Waals surface area contributed by atoms with E-state index in [0.717, 1.165) is 5.01 Å². The van der Waals surface area contributed by atoms with Gasteiger partial charge in [0.1, 0.15) is 35.4 Å². The van der Waals surface area contributed by atoms with Crippen molar-refractivity contribution < 1.29 is 54.0 Å². The number of carboxylic acids is 1. The standard InChI is InChI=1S/C30H51N9O11/c1-7-15(4)21(26(46)35-18(11-40)28(48)49)37-25(45)20(14(2)3)36-24(44)19-9-8-10-33-39(19)27(47)22(16(5)31)38-23(43)17(6)34-29(50)30(32,12-41)13-42/h10,14,16-20,22,40-42H,7-9,11-13,31-32H2,1-6H3,(H,34,50)(H,35,46)(H,36,44)(H,37,45)(H,38,43)(H,48,49)/b21-15+/t16-,17-,18-,19-,20-,22-/m0/s1. The van der Waals surface area contributed by atoms with Gasteiger partial charge in [-0.1, -0.05) is 20.8 Å². The summed E-state index contributed by atoms with van der Waals surface area (Å²) >= 11 is 0. The highest BCUT2D eigenvalue weighted by Crippen LogP contribution is 2.17. The summed E-state index contributed by atoms with van der Waals surface area (Å²) in [5.74, 6) is -7.42. The molecule has 282 valence electrons. The van der Waals surface area contributed by atoms with Gasteiger partial charge in [-0.25, -0.2) is 9.80 Å². The molecule has 0 saturated heterocycles. The summed E-state index contributed by atoms with van der Waals surface area (Å²) < 4.78 is 0. The van der Waals surface area contributed by atoms with Crippen LogP contribution in [0.1, 0.15) is 60.8 Å². The van der Waals surface area contributed by atoms with Crippen LogP contribution in [0.15, 0.2) is 16.4 Å². The summed E-state index contributed by atoms with van der Waals surface area (Å²) in [5, 5.41) is 53.9. The Balaban J connectivity index is 3.22. The number of carbonyl (C=O) groups excluding carboxylic acids is 6. The molecule has 0 saturated carbocycles. The highest BCUT2D eigenvalue weighted by Gasteiger charge is 2.40. The Morgan fingerprint density at radius 2 is 1.54 bits per heavy atom. The molecular formula is C30H51N9O11. The van der Waals surface area contributed by atoms with E-state index in [0.29, 0.717) is 5.57 Å². The lowest BCUT2D eigenvalue weighted by Gasteiger charge is -2.34. The lowest BCUT2D eigenvalue weighted by molar-refractivity contribution is -0.145. The van der Waals surface area contributed by atoms with Gasteiger partial charge in [0.05, 0.1) is 19.8 Å². The van der Waals surface area contributed by atoms with Crippen LogP contribution in [0.4, 0.5) is 0 Å². The largest absolute Gasteiger partial charge is 0.480 e. The molecule has 1 aliphatic heterocycles. The molecule has 13 N–H and O–H groups in total. The molecule has 0 unspecified atom stereocenters. The quantitative estimate of drug-likeness (QED) is 0.0597. The van der Waals surface area contributed by atoms with Crippen molar-refractivity contribution >= 4 is 47.6 Å². The van der Waals surface area contributed by atoms with Crippen LogP contribution in [0.2, 0.25) is 0 Å². The van der Waals surface area contributed by atoms with Crippen molar-refractivity contribution in [3.8, 4) is 0 Å². The molecule has 6 amide bonds. The summed E-state index contributed by atoms with van der Waals surface area (Å²) in [7, 11) is 0. The summed E-state index contributed by atoms with van der Waals surface area (Å²) in [6.45, 7) is 6.42. The predicted octanol–water partition coefficient (Wildman–Crippen LogP) is -4.52. The fraction of sp³-hybridized carbons (Fsp3) is 0.667. The van der Waals surface area contributed by atoms with Gasteiger partial charge in [-0.3, -0.25) is 28.8 Å². The lowest BCUT2D eigenvalue weighted by atomic mass is 10.0. The van der Waals surface area contributed by atoms with E-state index in [1.54, 1.807) is 20.8 Å². The Hall–Kier alpha value is -4.50. The van der Waals surface area contributed by atoms with Crippen LogP contribution in [-0.2, 0) is 33.6 Å². The van der Waals surface area contributed by atoms with E-state index < -0.39 is 109 Å². The van der Waals surface area contributed by atoms with Crippen LogP contribution >= 0.6 is 0 Å². The third-order valence-corrected chi connectivity index (χ3v) is 7.91. The first kappa shape index (κ1) is 43.5. The van der Waals surface area contributed by atoms with Crippen molar-refractivity contribution in [2.45, 2.75) is 103 Å². The van der Waals surface area contributed by atoms with Gasteiger partial charge in [-0.05, 0) is 51.5 Å². The third kappa shape index (κ3) is 11.5. The number of amides is 6. The van der Waals surface area contributed by atoms with Gasteiger partial charge in [-0.2, -0.15) is 5.10 Å². The Kier molecular flexibility index (Phi) is 17.1. The summed E-state index contributed by atoms with van der Waals surface area (Å²) in [5.41, 5.74) is 9.71. The molecule has 1 rings (SSSR count). The Morgan fingerprint density at radius 1 is 0.940 bits per heavy atom. The molecule has 0 aromatic carbocycles. The summed E-state index contributed by atoms with van der Waals surface area (Å²) in [6.07, 6.45) is 2.01. The number of nitrogens with two attached hydrogens (primary N) is 2. The number of aliphatic carboxylic acids is 1. The first-order valence-corrected chi connectivity index (χ1v) is 16.0. The number of nitrogens with zero attached hydrogens (tertiary/aromatic N) is 2. The average Bonchev–Trinajstić information content (AvgIpc) is 3.08. The number of rotatable bonds is 18. The molecule has 0 aromatic rings. The van der Waals surface area contributed by atoms with Gasteiger partial charge in [0, 0.05) is 12.3 Å². The zero-order valence-corrected chi connectivity index (χ0v) is 29.1. The predicted molar refractivity (Wildman–Crippen MR) is 177 cm³/mol. The normalized spacial score (nSPS) is 18.1. The Labute approximate surface area is 289 Å². The second-order valence-electron chi connectivity index (χ2n) is 12.4. The van der Waals surface area contributed by atoms with Crippen molar-refractivity contribution in [1.29, 1.82) is 0 Å². The van der Waals surface area contributed by atoms with Gasteiger partial charge >= 0.3 is 5.97 Å². The Bertz CT molecular complexity index is 1330. The second-order valence-corrected chi connectivity index (χ2v) is 12.4. The average molecular weight is 714 g/mol. The van der Waals surface area contributed by atoms with Gasteiger partial charge in [0.15, 0.2) is 6.04 Å². The first-order chi connectivity index (χ1) is 23.3. The van der Waals surface area contributed by atoms with E-state index in [1.165, 1.54) is 27.0 Å². The Morgan fingerprint density at radius 3 is 2.02 bits per heavy atom. The minimum absolute atomic E-state index is 0.0702. The molecule has 0 spiro atoms. The monoisotopic (exact) mass is 713 g/mol. The third-order valence-electron chi connectivity index (χ3n) is 7.91. The van der Waals surface area contributed by atoms with Crippen LogP contribution in [-0.4, -0.2) is 135 Å². The number of allylic oxidation sites excluding steroid dienone is 1. The van der Waals surface area contributed by atoms with Crippen molar-refractivity contribution in [2.24, 2.45) is 22.5 Å². The van der Waals surface area contributed by atoms with Crippen LogP contribution < -0.4 is 38.1 Å². The molecule has 1 heterocycles. The second kappa shape index (κ2) is 19.6. The highest BCUT2D eigenvalue weighted by atomic mass is 16.4. The number of carbonyl (C=O) groups is 7. The fourth-order valence-corrected chi connectivity index (χ4v) is 4.41. The van der Waals surface area contributed by atoms with Crippen LogP contribution in [0.3, 0.4) is 0 Å². The molecule has 0 bridgehead atoms. The van der Waals surface area contributed by atoms with E-state index >= 15 is 0 Å². The number of aliphatic hydroxyl groups excluding tert-OH is 3. The lowest BCUT2D eigenvalue weighted by Crippen LogP contribution is -2.64. The molecule has 20 heteroatoms. The summed E-state index contributed by atoms with van der Waals surface area (Å²) in [6, 6.07) is -7.94. The van der Waals surface area contributed by atoms with E-state index in [2.05, 4.69) is 31.7 Å². The SMILES string of the molecule is CC/C(C)=C(/NC(=O)[C@@H](NC(=O)[C@@H]1CCC=NN1C(=O)[C@@H](NC(=O)[C@H](C)NC(=O)C(N)(CO)CO)[C@H](C)N)C(C)C)C(=O)N[C@@H](CO)C(=O)O. The van der Waals surface area contributed by atoms with Crippen molar-refractivity contribution in [3.05, 3.63) is 11.3 Å². The molecule has 0 aromatic heterocycles. The molecule has 0 radical (unpaired) electrons. The molecular weight excluding hydrogens is 662 g/mol. The number of carboxylic acid groups (broad SMARTS) is 1. The maximum atomic E-state index is 13.7. The number of hydrazone groups is 1. The molecule has 50 heavy (non-hydrogen) atoms. The maximum Gasteiger partial charge on any atom is 0.328 e. The molecule has 1 aliphatic rings. The van der Waals surface area contributed by atoms with Gasteiger partial charge in [-0.15, -0.1) is 0 Å². The molecule has 0 fully saturated rings. The molecule has 20 nitrogen and oxygen atoms in total. The topological polar surface area (TPSA) is 328 Å². The molecule has 6 atom stereocenters. The zero-order valence-electron chi connectivity index (χ0n) is 29.1. The van der Waals surface area contributed by atoms with E-state index in [-0.39, 0.29) is 25.0 Å². The van der Waals surface area contributed by atoms with Crippen LogP contribution in [0.5, 0.6) is 0 Å². The van der Waals surface area contributed by atoms with Crippen molar-refractivity contribution in [2.75, 3.05) is 19.8 Å². The number of aliphatic hydroxyl groups is 3. The number of nitrogens with one attached hydrogen (secondary N) is 5. The van der Waals surface area contributed by atoms with Crippen molar-refractivity contribution in [3.63, 3.8) is 0 Å². The molecule has 0 aliphatic carbocycles. The number of hydrogen-bond donors (Lipinski definition) is 11. The van der Waals surface area contributed by atoms with E-state index in [1.807, 2.05) is 0 Å². The first-order valence-electron chi connectivity index (χ1n) is 16.0. The maximum absolute atomic E-state index is 13.7. The van der Waals surface area contributed by atoms with Crippen molar-refractivity contribution in [1.82, 2.24) is 31.6 Å². The zero-order chi connectivity index (χ0) is 38.5. The van der Waals surface area contributed by atoms with Gasteiger partial charge < -0.3 is 58.5 Å². The van der Waals surface area contributed by atoms with Crippen LogP contribution in [0, 0.1) is 5.92 Å².